The summed E-state index contributed by atoms with van der Waals surface area (Å²) in [6, 6.07) is -0.698. The SMILES string of the molecule is CCCCCCCCCCCCCCC(=O)OC(=O)[C@@H](N)[C@@H](C)CC. The lowest BCUT2D eigenvalue weighted by Crippen LogP contribution is -2.39. The molecule has 25 heavy (non-hydrogen) atoms. The summed E-state index contributed by atoms with van der Waals surface area (Å²) >= 11 is 0. The first kappa shape index (κ1) is 24.1. The molecule has 0 unspecified atom stereocenters. The number of hydrogen-bond acceptors (Lipinski definition) is 4. The number of rotatable bonds is 16. The normalized spacial score (nSPS) is 13.4. The van der Waals surface area contributed by atoms with Gasteiger partial charge in [-0.1, -0.05) is 97.8 Å². The molecule has 0 saturated carbocycles. The molecule has 0 saturated heterocycles. The highest BCUT2D eigenvalue weighted by molar-refractivity contribution is 5.88. The zero-order valence-corrected chi connectivity index (χ0v) is 16.9. The smallest absolute Gasteiger partial charge is 0.330 e. The molecule has 0 heterocycles. The van der Waals surface area contributed by atoms with Gasteiger partial charge in [0.25, 0.3) is 0 Å². The highest BCUT2D eigenvalue weighted by Crippen LogP contribution is 2.13. The van der Waals surface area contributed by atoms with E-state index in [-0.39, 0.29) is 5.92 Å². The molecule has 0 radical (unpaired) electrons. The van der Waals surface area contributed by atoms with E-state index in [1.807, 2.05) is 13.8 Å². The first-order chi connectivity index (χ1) is 12.0. The molecule has 2 atom stereocenters. The molecule has 0 bridgehead atoms. The molecule has 0 fully saturated rings. The quantitative estimate of drug-likeness (QED) is 0.225. The van der Waals surface area contributed by atoms with Crippen molar-refractivity contribution in [3.8, 4) is 0 Å². The molecule has 2 N–H and O–H groups in total. The molecular formula is C21H41NO3. The molecule has 4 nitrogen and oxygen atoms in total. The van der Waals surface area contributed by atoms with Crippen LogP contribution in [0.1, 0.15) is 111 Å². The third-order valence-corrected chi connectivity index (χ3v) is 4.98. The van der Waals surface area contributed by atoms with Crippen molar-refractivity contribution in [3.63, 3.8) is 0 Å². The lowest BCUT2D eigenvalue weighted by molar-refractivity contribution is -0.161. The number of esters is 2. The van der Waals surface area contributed by atoms with Gasteiger partial charge in [-0.05, 0) is 12.3 Å². The van der Waals surface area contributed by atoms with E-state index in [1.54, 1.807) is 0 Å². The number of nitrogens with two attached hydrogens (primary N) is 1. The van der Waals surface area contributed by atoms with Gasteiger partial charge in [-0.15, -0.1) is 0 Å². The average Bonchev–Trinajstić information content (AvgIpc) is 2.61. The van der Waals surface area contributed by atoms with Crippen LogP contribution < -0.4 is 5.73 Å². The van der Waals surface area contributed by atoms with Gasteiger partial charge in [-0.25, -0.2) is 4.79 Å². The van der Waals surface area contributed by atoms with Crippen molar-refractivity contribution in [2.24, 2.45) is 11.7 Å². The van der Waals surface area contributed by atoms with Gasteiger partial charge in [0.1, 0.15) is 6.04 Å². The first-order valence-electron chi connectivity index (χ1n) is 10.5. The van der Waals surface area contributed by atoms with Crippen LogP contribution in [0.3, 0.4) is 0 Å². The molecule has 0 amide bonds. The number of carbonyl (C=O) groups is 2. The van der Waals surface area contributed by atoms with Crippen LogP contribution in [0.4, 0.5) is 0 Å². The summed E-state index contributed by atoms with van der Waals surface area (Å²) in [5.41, 5.74) is 5.76. The van der Waals surface area contributed by atoms with Crippen LogP contribution in [-0.4, -0.2) is 18.0 Å². The summed E-state index contributed by atoms with van der Waals surface area (Å²) in [5.74, 6) is -0.985. The van der Waals surface area contributed by atoms with Crippen molar-refractivity contribution in [1.29, 1.82) is 0 Å². The predicted molar refractivity (Wildman–Crippen MR) is 104 cm³/mol. The maximum Gasteiger partial charge on any atom is 0.330 e. The highest BCUT2D eigenvalue weighted by atomic mass is 16.6. The number of hydrogen-bond donors (Lipinski definition) is 1. The molecule has 0 aromatic rings. The number of carbonyl (C=O) groups excluding carboxylic acids is 2. The Kier molecular flexibility index (Phi) is 16.0. The predicted octanol–water partition coefficient (Wildman–Crippen LogP) is 5.52. The second kappa shape index (κ2) is 16.6. The average molecular weight is 356 g/mol. The lowest BCUT2D eigenvalue weighted by Gasteiger charge is -2.15. The molecule has 0 aliphatic carbocycles. The fourth-order valence-corrected chi connectivity index (χ4v) is 2.83. The standard InChI is InChI=1S/C21H41NO3/c1-4-6-7-8-9-10-11-12-13-14-15-16-17-19(23)25-21(24)20(22)18(3)5-2/h18,20H,4-17,22H2,1-3H3/t18-,20-/m0/s1. The molecule has 4 heteroatoms. The van der Waals surface area contributed by atoms with Crippen LogP contribution in [0.15, 0.2) is 0 Å². The molecule has 0 aromatic heterocycles. The van der Waals surface area contributed by atoms with E-state index >= 15 is 0 Å². The Bertz CT molecular complexity index is 344. The van der Waals surface area contributed by atoms with Gasteiger partial charge in [0, 0.05) is 6.42 Å². The van der Waals surface area contributed by atoms with Crippen LogP contribution >= 0.6 is 0 Å². The van der Waals surface area contributed by atoms with E-state index in [9.17, 15) is 9.59 Å². The zero-order chi connectivity index (χ0) is 18.9. The van der Waals surface area contributed by atoms with E-state index in [0.29, 0.717) is 6.42 Å². The Morgan fingerprint density at radius 3 is 1.68 bits per heavy atom. The van der Waals surface area contributed by atoms with E-state index in [4.69, 9.17) is 10.5 Å². The molecule has 0 aliphatic rings. The fourth-order valence-electron chi connectivity index (χ4n) is 2.83. The van der Waals surface area contributed by atoms with Crippen molar-refractivity contribution in [2.45, 2.75) is 117 Å². The monoisotopic (exact) mass is 355 g/mol. The van der Waals surface area contributed by atoms with Crippen LogP contribution in [0.25, 0.3) is 0 Å². The topological polar surface area (TPSA) is 69.4 Å². The Balaban J connectivity index is 3.45. The van der Waals surface area contributed by atoms with Crippen molar-refractivity contribution in [1.82, 2.24) is 0 Å². The summed E-state index contributed by atoms with van der Waals surface area (Å²) in [4.78, 5) is 23.4. The van der Waals surface area contributed by atoms with Crippen LogP contribution in [0, 0.1) is 5.92 Å². The van der Waals surface area contributed by atoms with Gasteiger partial charge in [0.2, 0.25) is 0 Å². The van der Waals surface area contributed by atoms with Crippen LogP contribution in [0.5, 0.6) is 0 Å². The Labute approximate surface area is 155 Å². The molecule has 0 rings (SSSR count). The minimum Gasteiger partial charge on any atom is -0.392 e. The molecule has 0 aliphatic heterocycles. The summed E-state index contributed by atoms with van der Waals surface area (Å²) < 4.78 is 4.83. The second-order valence-corrected chi connectivity index (χ2v) is 7.34. The third kappa shape index (κ3) is 14.0. The van der Waals surface area contributed by atoms with Crippen LogP contribution in [0.2, 0.25) is 0 Å². The van der Waals surface area contributed by atoms with E-state index < -0.39 is 18.0 Å². The minimum absolute atomic E-state index is 0.0342. The summed E-state index contributed by atoms with van der Waals surface area (Å²) in [6.07, 6.45) is 16.1. The molecule has 0 aromatic carbocycles. The first-order valence-corrected chi connectivity index (χ1v) is 10.5. The van der Waals surface area contributed by atoms with Crippen molar-refractivity contribution < 1.29 is 14.3 Å². The van der Waals surface area contributed by atoms with Gasteiger partial charge in [-0.2, -0.15) is 0 Å². The van der Waals surface area contributed by atoms with Gasteiger partial charge >= 0.3 is 11.9 Å². The van der Waals surface area contributed by atoms with E-state index in [0.717, 1.165) is 25.7 Å². The van der Waals surface area contributed by atoms with E-state index in [2.05, 4.69) is 6.92 Å². The third-order valence-electron chi connectivity index (χ3n) is 4.98. The van der Waals surface area contributed by atoms with E-state index in [1.165, 1.54) is 57.8 Å². The van der Waals surface area contributed by atoms with Gasteiger partial charge in [0.15, 0.2) is 0 Å². The number of ether oxygens (including phenoxy) is 1. The summed E-state index contributed by atoms with van der Waals surface area (Å²) in [6.45, 7) is 6.10. The molecule has 0 spiro atoms. The van der Waals surface area contributed by atoms with Crippen molar-refractivity contribution in [2.75, 3.05) is 0 Å². The molecular weight excluding hydrogens is 314 g/mol. The number of unbranched alkanes of at least 4 members (excludes halogenated alkanes) is 11. The highest BCUT2D eigenvalue weighted by Gasteiger charge is 2.23. The van der Waals surface area contributed by atoms with Gasteiger partial charge in [0.05, 0.1) is 0 Å². The summed E-state index contributed by atoms with van der Waals surface area (Å²) in [7, 11) is 0. The maximum atomic E-state index is 11.7. The Morgan fingerprint density at radius 2 is 1.24 bits per heavy atom. The fraction of sp³-hybridized carbons (Fsp3) is 0.905. The van der Waals surface area contributed by atoms with Gasteiger partial charge < -0.3 is 10.5 Å². The van der Waals surface area contributed by atoms with Crippen molar-refractivity contribution >= 4 is 11.9 Å². The van der Waals surface area contributed by atoms with Gasteiger partial charge in [-0.3, -0.25) is 4.79 Å². The summed E-state index contributed by atoms with van der Waals surface area (Å²) in [5, 5.41) is 0. The largest absolute Gasteiger partial charge is 0.392 e. The second-order valence-electron chi connectivity index (χ2n) is 7.34. The zero-order valence-electron chi connectivity index (χ0n) is 16.9. The Hall–Kier alpha value is -0.900. The minimum atomic E-state index is -0.698. The van der Waals surface area contributed by atoms with Crippen LogP contribution in [-0.2, 0) is 14.3 Å². The Morgan fingerprint density at radius 1 is 0.800 bits per heavy atom. The van der Waals surface area contributed by atoms with Crippen molar-refractivity contribution in [3.05, 3.63) is 0 Å². The molecule has 148 valence electrons. The lowest BCUT2D eigenvalue weighted by atomic mass is 10.0. The maximum absolute atomic E-state index is 11.7.